The van der Waals surface area contributed by atoms with Crippen LogP contribution in [-0.4, -0.2) is 57.1 Å². The molecule has 0 aliphatic carbocycles. The van der Waals surface area contributed by atoms with Gasteiger partial charge in [0.1, 0.15) is 0 Å². The van der Waals surface area contributed by atoms with E-state index in [2.05, 4.69) is 24.0 Å². The summed E-state index contributed by atoms with van der Waals surface area (Å²) in [5, 5.41) is 0.684. The Bertz CT molecular complexity index is 1170. The molecule has 0 radical (unpaired) electrons. The van der Waals surface area contributed by atoms with Crippen LogP contribution in [0.25, 0.3) is 10.2 Å². The fraction of sp³-hybridized carbons (Fsp3) is 0.417. The van der Waals surface area contributed by atoms with Gasteiger partial charge in [0.05, 0.1) is 20.9 Å². The standard InChI is InChI=1S/C24H31N3O3S2/c1-18-16-19(2)23-21(17-18)31-24(25-23)27(14-9-13-26(3)4)22(28)12-8-15-32(29,30)20-10-6-5-7-11-20/h5-7,10-11,16-17H,8-9,12-15H2,1-4H3. The van der Waals surface area contributed by atoms with Crippen molar-refractivity contribution in [1.82, 2.24) is 9.88 Å². The molecule has 172 valence electrons. The van der Waals surface area contributed by atoms with Gasteiger partial charge in [-0.25, -0.2) is 13.4 Å². The number of hydrogen-bond acceptors (Lipinski definition) is 6. The summed E-state index contributed by atoms with van der Waals surface area (Å²) in [5.41, 5.74) is 3.19. The highest BCUT2D eigenvalue weighted by atomic mass is 32.2. The van der Waals surface area contributed by atoms with Crippen LogP contribution in [0.3, 0.4) is 0 Å². The predicted molar refractivity (Wildman–Crippen MR) is 132 cm³/mol. The highest BCUT2D eigenvalue weighted by Crippen LogP contribution is 2.32. The Labute approximate surface area is 194 Å². The van der Waals surface area contributed by atoms with Gasteiger partial charge in [-0.15, -0.1) is 0 Å². The largest absolute Gasteiger partial charge is 0.309 e. The highest BCUT2D eigenvalue weighted by molar-refractivity contribution is 7.91. The summed E-state index contributed by atoms with van der Waals surface area (Å²) in [6, 6.07) is 12.6. The zero-order valence-electron chi connectivity index (χ0n) is 19.2. The van der Waals surface area contributed by atoms with E-state index >= 15 is 0 Å². The first kappa shape index (κ1) is 24.4. The third-order valence-electron chi connectivity index (χ3n) is 5.24. The van der Waals surface area contributed by atoms with Crippen molar-refractivity contribution in [3.63, 3.8) is 0 Å². The van der Waals surface area contributed by atoms with Crippen molar-refractivity contribution in [2.24, 2.45) is 0 Å². The van der Waals surface area contributed by atoms with Crippen molar-refractivity contribution in [3.05, 3.63) is 53.6 Å². The monoisotopic (exact) mass is 473 g/mol. The smallest absolute Gasteiger partial charge is 0.228 e. The number of carbonyl (C=O) groups is 1. The second-order valence-electron chi connectivity index (χ2n) is 8.36. The number of benzene rings is 2. The van der Waals surface area contributed by atoms with Gasteiger partial charge < -0.3 is 4.90 Å². The van der Waals surface area contributed by atoms with Crippen molar-refractivity contribution in [2.45, 2.75) is 38.0 Å². The van der Waals surface area contributed by atoms with E-state index in [-0.39, 0.29) is 24.5 Å². The number of amides is 1. The van der Waals surface area contributed by atoms with Crippen molar-refractivity contribution < 1.29 is 13.2 Å². The number of hydrogen-bond donors (Lipinski definition) is 0. The van der Waals surface area contributed by atoms with Crippen LogP contribution in [0.2, 0.25) is 0 Å². The lowest BCUT2D eigenvalue weighted by atomic mass is 10.1. The molecule has 3 rings (SSSR count). The molecule has 0 fully saturated rings. The van der Waals surface area contributed by atoms with Crippen LogP contribution >= 0.6 is 11.3 Å². The van der Waals surface area contributed by atoms with Crippen LogP contribution in [0.15, 0.2) is 47.4 Å². The molecule has 1 heterocycles. The third kappa shape index (κ3) is 6.15. The molecule has 2 aromatic carbocycles. The van der Waals surface area contributed by atoms with Gasteiger partial charge in [-0.05, 0) is 76.7 Å². The van der Waals surface area contributed by atoms with E-state index in [1.54, 1.807) is 35.2 Å². The second-order valence-corrected chi connectivity index (χ2v) is 11.5. The zero-order chi connectivity index (χ0) is 23.3. The topological polar surface area (TPSA) is 70.6 Å². The van der Waals surface area contributed by atoms with Gasteiger partial charge in [0.2, 0.25) is 5.91 Å². The molecule has 0 aliphatic rings. The molecule has 0 aliphatic heterocycles. The summed E-state index contributed by atoms with van der Waals surface area (Å²) in [7, 11) is 0.613. The lowest BCUT2D eigenvalue weighted by molar-refractivity contribution is -0.118. The normalized spacial score (nSPS) is 11.9. The van der Waals surface area contributed by atoms with E-state index in [1.807, 2.05) is 21.0 Å². The molecule has 0 saturated carbocycles. The number of fused-ring (bicyclic) bond motifs is 1. The Balaban J connectivity index is 1.75. The second kappa shape index (κ2) is 10.6. The summed E-state index contributed by atoms with van der Waals surface area (Å²) in [5.74, 6) is -0.132. The fourth-order valence-corrected chi connectivity index (χ4v) is 6.16. The van der Waals surface area contributed by atoms with E-state index in [0.717, 1.165) is 28.7 Å². The van der Waals surface area contributed by atoms with Gasteiger partial charge >= 0.3 is 0 Å². The quantitative estimate of drug-likeness (QED) is 0.435. The number of sulfone groups is 1. The molecule has 0 saturated heterocycles. The van der Waals surface area contributed by atoms with Crippen LogP contribution in [-0.2, 0) is 14.6 Å². The average Bonchev–Trinajstić information content (AvgIpc) is 3.15. The fourth-order valence-electron chi connectivity index (χ4n) is 3.64. The molecule has 0 spiro atoms. The molecular weight excluding hydrogens is 442 g/mol. The summed E-state index contributed by atoms with van der Waals surface area (Å²) < 4.78 is 26.2. The van der Waals surface area contributed by atoms with Crippen LogP contribution in [0, 0.1) is 13.8 Å². The number of nitrogens with zero attached hydrogens (tertiary/aromatic N) is 3. The van der Waals surface area contributed by atoms with E-state index in [9.17, 15) is 13.2 Å². The first-order valence-electron chi connectivity index (χ1n) is 10.8. The lowest BCUT2D eigenvalue weighted by Gasteiger charge is -2.21. The van der Waals surface area contributed by atoms with Crippen molar-refractivity contribution >= 4 is 42.4 Å². The maximum Gasteiger partial charge on any atom is 0.228 e. The average molecular weight is 474 g/mol. The molecule has 0 bridgehead atoms. The first-order chi connectivity index (χ1) is 15.2. The predicted octanol–water partition coefficient (Wildman–Crippen LogP) is 4.45. The van der Waals surface area contributed by atoms with Crippen LogP contribution in [0.4, 0.5) is 5.13 Å². The number of aromatic nitrogens is 1. The summed E-state index contributed by atoms with van der Waals surface area (Å²) in [6.07, 6.45) is 1.26. The number of anilines is 1. The first-order valence-corrected chi connectivity index (χ1v) is 13.2. The Morgan fingerprint density at radius 3 is 2.44 bits per heavy atom. The van der Waals surface area contributed by atoms with E-state index in [0.29, 0.717) is 16.6 Å². The lowest BCUT2D eigenvalue weighted by Crippen LogP contribution is -2.33. The zero-order valence-corrected chi connectivity index (χ0v) is 20.8. The van der Waals surface area contributed by atoms with Gasteiger partial charge in [-0.2, -0.15) is 0 Å². The van der Waals surface area contributed by atoms with Gasteiger partial charge in [-0.1, -0.05) is 35.6 Å². The molecule has 1 amide bonds. The molecule has 0 atom stereocenters. The summed E-state index contributed by atoms with van der Waals surface area (Å²) in [6.45, 7) is 5.50. The molecule has 0 unspecified atom stereocenters. The number of carbonyl (C=O) groups excluding carboxylic acids is 1. The minimum absolute atomic E-state index is 0.0492. The molecular formula is C24H31N3O3S2. The molecule has 32 heavy (non-hydrogen) atoms. The van der Waals surface area contributed by atoms with Gasteiger partial charge in [0, 0.05) is 13.0 Å². The van der Waals surface area contributed by atoms with E-state index < -0.39 is 9.84 Å². The number of thiazole rings is 1. The Morgan fingerprint density at radius 1 is 1.03 bits per heavy atom. The molecule has 3 aromatic rings. The molecule has 1 aromatic heterocycles. The Kier molecular flexibility index (Phi) is 8.03. The molecule has 0 N–H and O–H groups in total. The minimum atomic E-state index is -3.40. The van der Waals surface area contributed by atoms with E-state index in [1.165, 1.54) is 16.9 Å². The van der Waals surface area contributed by atoms with Gasteiger partial charge in [0.15, 0.2) is 15.0 Å². The van der Waals surface area contributed by atoms with Crippen molar-refractivity contribution in [3.8, 4) is 0 Å². The van der Waals surface area contributed by atoms with Gasteiger partial charge in [-0.3, -0.25) is 9.69 Å². The van der Waals surface area contributed by atoms with Crippen LogP contribution in [0.5, 0.6) is 0 Å². The van der Waals surface area contributed by atoms with E-state index in [4.69, 9.17) is 4.98 Å². The maximum absolute atomic E-state index is 13.2. The van der Waals surface area contributed by atoms with Gasteiger partial charge in [0.25, 0.3) is 0 Å². The third-order valence-corrected chi connectivity index (χ3v) is 8.09. The number of rotatable bonds is 10. The highest BCUT2D eigenvalue weighted by Gasteiger charge is 2.22. The summed E-state index contributed by atoms with van der Waals surface area (Å²) in [4.78, 5) is 22.0. The summed E-state index contributed by atoms with van der Waals surface area (Å²) >= 11 is 1.52. The SMILES string of the molecule is Cc1cc(C)c2nc(N(CCCN(C)C)C(=O)CCCS(=O)(=O)c3ccccc3)sc2c1. The minimum Gasteiger partial charge on any atom is -0.309 e. The van der Waals surface area contributed by atoms with Crippen LogP contribution in [0.1, 0.15) is 30.4 Å². The number of aryl methyl sites for hydroxylation is 2. The van der Waals surface area contributed by atoms with Crippen molar-refractivity contribution in [1.29, 1.82) is 0 Å². The Morgan fingerprint density at radius 2 is 1.75 bits per heavy atom. The van der Waals surface area contributed by atoms with Crippen LogP contribution < -0.4 is 4.90 Å². The van der Waals surface area contributed by atoms with Crippen molar-refractivity contribution in [2.75, 3.05) is 37.8 Å². The molecule has 8 heteroatoms. The maximum atomic E-state index is 13.2. The Hall–Kier alpha value is -2.29. The molecule has 6 nitrogen and oxygen atoms in total.